The molecule has 0 spiro atoms. The average Bonchev–Trinajstić information content (AvgIpc) is 3.37. The van der Waals surface area contributed by atoms with Crippen LogP contribution in [0.3, 0.4) is 0 Å². The second-order valence-electron chi connectivity index (χ2n) is 5.65. The van der Waals surface area contributed by atoms with Crippen LogP contribution in [-0.4, -0.2) is 25.0 Å². The first kappa shape index (κ1) is 16.4. The van der Waals surface area contributed by atoms with E-state index in [1.54, 1.807) is 6.26 Å². The number of rotatable bonds is 5. The zero-order chi connectivity index (χ0) is 18.1. The second-order valence-corrected chi connectivity index (χ2v) is 6.96. The molecule has 0 bridgehead atoms. The number of furan rings is 1. The molecule has 26 heavy (non-hydrogen) atoms. The predicted octanol–water partition coefficient (Wildman–Crippen LogP) is 3.46. The third kappa shape index (κ3) is 2.97. The number of hydrogen-bond acceptors (Lipinski definition) is 8. The van der Waals surface area contributed by atoms with Crippen LogP contribution in [0.25, 0.3) is 22.8 Å². The maximum Gasteiger partial charge on any atom is 0.240 e. The number of hydrogen-bond donors (Lipinski definition) is 1. The average molecular weight is 368 g/mol. The first-order valence-electron chi connectivity index (χ1n) is 7.94. The largest absolute Gasteiger partial charge is 0.469 e. The second kappa shape index (κ2) is 6.68. The van der Waals surface area contributed by atoms with Gasteiger partial charge in [0.05, 0.1) is 17.1 Å². The minimum absolute atomic E-state index is 0.134. The Bertz CT molecular complexity index is 1020. The summed E-state index contributed by atoms with van der Waals surface area (Å²) in [4.78, 5) is 4.47. The van der Waals surface area contributed by atoms with Crippen LogP contribution >= 0.6 is 11.8 Å². The van der Waals surface area contributed by atoms with Gasteiger partial charge in [-0.25, -0.2) is 4.68 Å². The minimum Gasteiger partial charge on any atom is -0.469 e. The fraction of sp³-hybridized carbons (Fsp3) is 0.176. The Hall–Kier alpha value is -3.07. The molecule has 3 aromatic heterocycles. The van der Waals surface area contributed by atoms with Crippen molar-refractivity contribution >= 4 is 11.8 Å². The van der Waals surface area contributed by atoms with Crippen molar-refractivity contribution in [3.63, 3.8) is 0 Å². The highest BCUT2D eigenvalue weighted by Gasteiger charge is 2.21. The summed E-state index contributed by atoms with van der Waals surface area (Å²) >= 11 is 1.39. The molecule has 3 heterocycles. The molecule has 0 saturated carbocycles. The van der Waals surface area contributed by atoms with Gasteiger partial charge in [0, 0.05) is 5.56 Å². The first-order valence-corrected chi connectivity index (χ1v) is 8.82. The summed E-state index contributed by atoms with van der Waals surface area (Å²) < 4.78 is 12.1. The van der Waals surface area contributed by atoms with Crippen molar-refractivity contribution in [3.05, 3.63) is 54.3 Å². The Balaban J connectivity index is 1.54. The lowest BCUT2D eigenvalue weighted by Crippen LogP contribution is -2.12. The third-order valence-corrected chi connectivity index (χ3v) is 4.91. The van der Waals surface area contributed by atoms with Crippen molar-refractivity contribution in [1.29, 1.82) is 0 Å². The van der Waals surface area contributed by atoms with Gasteiger partial charge < -0.3 is 14.8 Å². The maximum atomic E-state index is 6.15. The number of benzene rings is 1. The van der Waals surface area contributed by atoms with Gasteiger partial charge in [0.25, 0.3) is 0 Å². The van der Waals surface area contributed by atoms with Gasteiger partial charge in [-0.15, -0.1) is 10.2 Å². The Morgan fingerprint density at radius 3 is 2.69 bits per heavy atom. The standard InChI is InChI=1S/C17H16N6O2S/c1-10-13(8-9-24-10)15-20-21-17(23(15)18)26-11(2)16-19-14(22-25-16)12-6-4-3-5-7-12/h3-9,11H,18H2,1-2H3. The molecule has 0 fully saturated rings. The smallest absolute Gasteiger partial charge is 0.240 e. The van der Waals surface area contributed by atoms with Crippen LogP contribution < -0.4 is 5.84 Å². The fourth-order valence-electron chi connectivity index (χ4n) is 2.47. The molecule has 4 aromatic rings. The molecule has 0 radical (unpaired) electrons. The molecule has 2 N–H and O–H groups in total. The van der Waals surface area contributed by atoms with Crippen molar-refractivity contribution in [3.8, 4) is 22.8 Å². The van der Waals surface area contributed by atoms with E-state index in [1.165, 1.54) is 16.4 Å². The lowest BCUT2D eigenvalue weighted by molar-refractivity contribution is 0.380. The summed E-state index contributed by atoms with van der Waals surface area (Å²) in [6, 6.07) is 11.5. The van der Waals surface area contributed by atoms with Crippen LogP contribution in [0, 0.1) is 6.92 Å². The van der Waals surface area contributed by atoms with E-state index in [0.29, 0.717) is 22.7 Å². The monoisotopic (exact) mass is 368 g/mol. The van der Waals surface area contributed by atoms with Crippen LogP contribution in [0.1, 0.15) is 23.8 Å². The van der Waals surface area contributed by atoms with Gasteiger partial charge in [0.15, 0.2) is 5.82 Å². The van der Waals surface area contributed by atoms with Crippen LogP contribution in [0.15, 0.2) is 56.8 Å². The number of thioether (sulfide) groups is 1. The lowest BCUT2D eigenvalue weighted by atomic mass is 10.2. The number of nitrogens with zero attached hydrogens (tertiary/aromatic N) is 5. The molecule has 0 aliphatic rings. The third-order valence-electron chi connectivity index (χ3n) is 3.87. The number of aryl methyl sites for hydroxylation is 1. The van der Waals surface area contributed by atoms with E-state index in [4.69, 9.17) is 14.8 Å². The molecular formula is C17H16N6O2S. The van der Waals surface area contributed by atoms with Gasteiger partial charge in [-0.2, -0.15) is 4.98 Å². The Kier molecular flexibility index (Phi) is 4.21. The highest BCUT2D eigenvalue weighted by atomic mass is 32.2. The van der Waals surface area contributed by atoms with Gasteiger partial charge in [0.2, 0.25) is 16.9 Å². The van der Waals surface area contributed by atoms with Gasteiger partial charge >= 0.3 is 0 Å². The van der Waals surface area contributed by atoms with Crippen LogP contribution in [0.2, 0.25) is 0 Å². The van der Waals surface area contributed by atoms with E-state index in [-0.39, 0.29) is 5.25 Å². The van der Waals surface area contributed by atoms with Gasteiger partial charge in [-0.05, 0) is 19.9 Å². The van der Waals surface area contributed by atoms with Crippen molar-refractivity contribution in [2.45, 2.75) is 24.3 Å². The maximum absolute atomic E-state index is 6.15. The molecule has 132 valence electrons. The van der Waals surface area contributed by atoms with E-state index in [9.17, 15) is 0 Å². The van der Waals surface area contributed by atoms with Gasteiger partial charge in [-0.3, -0.25) is 0 Å². The zero-order valence-electron chi connectivity index (χ0n) is 14.2. The molecule has 4 rings (SSSR count). The van der Waals surface area contributed by atoms with E-state index in [1.807, 2.05) is 50.2 Å². The molecule has 1 aromatic carbocycles. The summed E-state index contributed by atoms with van der Waals surface area (Å²) in [5.74, 6) is 8.48. The fourth-order valence-corrected chi connectivity index (χ4v) is 3.27. The minimum atomic E-state index is -0.134. The summed E-state index contributed by atoms with van der Waals surface area (Å²) in [5, 5.41) is 12.8. The van der Waals surface area contributed by atoms with Crippen molar-refractivity contribution in [1.82, 2.24) is 25.0 Å². The van der Waals surface area contributed by atoms with Crippen LogP contribution in [0.5, 0.6) is 0 Å². The molecule has 9 heteroatoms. The molecule has 0 aliphatic carbocycles. The molecule has 1 atom stereocenters. The predicted molar refractivity (Wildman–Crippen MR) is 96.6 cm³/mol. The summed E-state index contributed by atoms with van der Waals surface area (Å²) in [5.41, 5.74) is 1.71. The zero-order valence-corrected chi connectivity index (χ0v) is 15.0. The number of nitrogen functional groups attached to an aromatic ring is 1. The van der Waals surface area contributed by atoms with Crippen LogP contribution in [0.4, 0.5) is 0 Å². The van der Waals surface area contributed by atoms with Crippen molar-refractivity contribution < 1.29 is 8.94 Å². The summed E-state index contributed by atoms with van der Waals surface area (Å²) in [6.07, 6.45) is 1.60. The highest BCUT2D eigenvalue weighted by molar-refractivity contribution is 7.99. The van der Waals surface area contributed by atoms with E-state index < -0.39 is 0 Å². The Labute approximate surface area is 153 Å². The molecular weight excluding hydrogens is 352 g/mol. The van der Waals surface area contributed by atoms with E-state index >= 15 is 0 Å². The van der Waals surface area contributed by atoms with Crippen molar-refractivity contribution in [2.24, 2.45) is 0 Å². The summed E-state index contributed by atoms with van der Waals surface area (Å²) in [7, 11) is 0. The highest BCUT2D eigenvalue weighted by Crippen LogP contribution is 2.34. The van der Waals surface area contributed by atoms with E-state index in [2.05, 4.69) is 20.3 Å². The van der Waals surface area contributed by atoms with Crippen LogP contribution in [-0.2, 0) is 0 Å². The van der Waals surface area contributed by atoms with E-state index in [0.717, 1.165) is 16.9 Å². The molecule has 0 aliphatic heterocycles. The number of nitrogens with two attached hydrogens (primary N) is 1. The van der Waals surface area contributed by atoms with Gasteiger partial charge in [0.1, 0.15) is 5.76 Å². The van der Waals surface area contributed by atoms with Crippen molar-refractivity contribution in [2.75, 3.05) is 5.84 Å². The molecule has 0 amide bonds. The number of aromatic nitrogens is 5. The summed E-state index contributed by atoms with van der Waals surface area (Å²) in [6.45, 7) is 3.80. The molecule has 8 nitrogen and oxygen atoms in total. The quantitative estimate of drug-likeness (QED) is 0.421. The molecule has 1 unspecified atom stereocenters. The normalized spacial score (nSPS) is 12.4. The van der Waals surface area contributed by atoms with Gasteiger partial charge in [-0.1, -0.05) is 47.3 Å². The topological polar surface area (TPSA) is 109 Å². The first-order chi connectivity index (χ1) is 12.6. The molecule has 0 saturated heterocycles. The Morgan fingerprint density at radius 2 is 1.96 bits per heavy atom. The lowest BCUT2D eigenvalue weighted by Gasteiger charge is -2.06. The SMILES string of the molecule is Cc1occc1-c1nnc(SC(C)c2nc(-c3ccccc3)no2)n1N. The Morgan fingerprint density at radius 1 is 1.15 bits per heavy atom.